The maximum absolute atomic E-state index is 12.0. The van der Waals surface area contributed by atoms with E-state index in [0.29, 0.717) is 5.69 Å². The van der Waals surface area contributed by atoms with Crippen LogP contribution in [0.3, 0.4) is 0 Å². The van der Waals surface area contributed by atoms with Gasteiger partial charge in [-0.15, -0.1) is 6.58 Å². The van der Waals surface area contributed by atoms with E-state index >= 15 is 0 Å². The van der Waals surface area contributed by atoms with E-state index in [1.807, 2.05) is 4.90 Å². The zero-order valence-corrected chi connectivity index (χ0v) is 12.4. The highest BCUT2D eigenvalue weighted by molar-refractivity contribution is 7.89. The van der Waals surface area contributed by atoms with E-state index in [-0.39, 0.29) is 17.0 Å². The number of anilines is 1. The minimum atomic E-state index is -3.72. The molecule has 0 amide bonds. The number of sulfonamides is 1. The highest BCUT2D eigenvalue weighted by atomic mass is 32.2. The molecule has 0 saturated carbocycles. The van der Waals surface area contributed by atoms with Crippen LogP contribution in [-0.2, 0) is 10.0 Å². The summed E-state index contributed by atoms with van der Waals surface area (Å²) < 4.78 is 26.4. The molecule has 1 heterocycles. The van der Waals surface area contributed by atoms with Gasteiger partial charge < -0.3 is 10.0 Å². The van der Waals surface area contributed by atoms with Crippen LogP contribution in [0.1, 0.15) is 23.2 Å². The minimum Gasteiger partial charge on any atom is -0.478 e. The quantitative estimate of drug-likeness (QED) is 0.777. The molecule has 0 atom stereocenters. The molecule has 114 valence electrons. The van der Waals surface area contributed by atoms with Gasteiger partial charge in [0.1, 0.15) is 0 Å². The second kappa shape index (κ2) is 6.28. The van der Waals surface area contributed by atoms with Crippen LogP contribution in [0.4, 0.5) is 5.69 Å². The van der Waals surface area contributed by atoms with Gasteiger partial charge in [-0.05, 0) is 31.0 Å². The van der Waals surface area contributed by atoms with Gasteiger partial charge in [0.2, 0.25) is 10.0 Å². The third-order valence-electron chi connectivity index (χ3n) is 3.37. The molecule has 1 aliphatic rings. The molecule has 0 spiro atoms. The van der Waals surface area contributed by atoms with Gasteiger partial charge in [0.25, 0.3) is 0 Å². The Labute approximate surface area is 124 Å². The number of carboxylic acid groups (broad SMARTS) is 1. The molecule has 0 radical (unpaired) electrons. The first-order chi connectivity index (χ1) is 9.95. The fraction of sp³-hybridized carbons (Fsp3) is 0.357. The highest BCUT2D eigenvalue weighted by Gasteiger charge is 2.22. The maximum atomic E-state index is 12.0. The monoisotopic (exact) mass is 310 g/mol. The standard InChI is InChI=1S/C14H18N2O4S/c1-2-7-15-21(19,20)11-5-6-13(12(10-11)14(17)18)16-8-3-4-9-16/h2,5-6,10,15H,1,3-4,7-9H2,(H,17,18). The van der Waals surface area contributed by atoms with Crippen molar-refractivity contribution in [1.29, 1.82) is 0 Å². The SMILES string of the molecule is C=CCNS(=O)(=O)c1ccc(N2CCCC2)c(C(=O)O)c1. The minimum absolute atomic E-state index is 0.0124. The summed E-state index contributed by atoms with van der Waals surface area (Å²) in [6, 6.07) is 4.21. The zero-order valence-electron chi connectivity index (χ0n) is 11.6. The topological polar surface area (TPSA) is 86.7 Å². The van der Waals surface area contributed by atoms with Gasteiger partial charge in [0.15, 0.2) is 0 Å². The van der Waals surface area contributed by atoms with E-state index in [4.69, 9.17) is 0 Å². The fourth-order valence-electron chi connectivity index (χ4n) is 2.34. The molecule has 0 aromatic heterocycles. The van der Waals surface area contributed by atoms with Gasteiger partial charge in [-0.1, -0.05) is 6.08 Å². The third-order valence-corrected chi connectivity index (χ3v) is 4.79. The molecule has 6 nitrogen and oxygen atoms in total. The summed E-state index contributed by atoms with van der Waals surface area (Å²) in [6.07, 6.45) is 3.45. The lowest BCUT2D eigenvalue weighted by Crippen LogP contribution is -2.25. The maximum Gasteiger partial charge on any atom is 0.337 e. The van der Waals surface area contributed by atoms with Crippen molar-refractivity contribution in [3.63, 3.8) is 0 Å². The molecule has 2 rings (SSSR count). The number of carbonyl (C=O) groups is 1. The van der Waals surface area contributed by atoms with E-state index < -0.39 is 16.0 Å². The lowest BCUT2D eigenvalue weighted by atomic mass is 10.1. The first kappa shape index (κ1) is 15.5. The Morgan fingerprint density at radius 2 is 2.05 bits per heavy atom. The van der Waals surface area contributed by atoms with Crippen molar-refractivity contribution in [2.24, 2.45) is 0 Å². The molecular formula is C14H18N2O4S. The Morgan fingerprint density at radius 1 is 1.38 bits per heavy atom. The van der Waals surface area contributed by atoms with Crippen molar-refractivity contribution in [3.8, 4) is 0 Å². The molecule has 1 fully saturated rings. The summed E-state index contributed by atoms with van der Waals surface area (Å²) >= 11 is 0. The van der Waals surface area contributed by atoms with E-state index in [1.54, 1.807) is 6.07 Å². The largest absolute Gasteiger partial charge is 0.478 e. The Kier molecular flexibility index (Phi) is 4.64. The molecule has 0 bridgehead atoms. The van der Waals surface area contributed by atoms with Crippen LogP contribution in [0, 0.1) is 0 Å². The van der Waals surface area contributed by atoms with Crippen LogP contribution in [0.25, 0.3) is 0 Å². The van der Waals surface area contributed by atoms with Crippen LogP contribution in [0.2, 0.25) is 0 Å². The summed E-state index contributed by atoms with van der Waals surface area (Å²) in [4.78, 5) is 13.3. The average molecular weight is 310 g/mol. The molecule has 1 saturated heterocycles. The first-order valence-electron chi connectivity index (χ1n) is 6.68. The Hall–Kier alpha value is -1.86. The average Bonchev–Trinajstić information content (AvgIpc) is 2.98. The third kappa shape index (κ3) is 3.43. The van der Waals surface area contributed by atoms with E-state index in [9.17, 15) is 18.3 Å². The number of carboxylic acids is 1. The predicted molar refractivity (Wildman–Crippen MR) is 80.2 cm³/mol. The van der Waals surface area contributed by atoms with Crippen LogP contribution in [0.5, 0.6) is 0 Å². The molecule has 1 aromatic carbocycles. The van der Waals surface area contributed by atoms with Crippen LogP contribution in [-0.4, -0.2) is 39.1 Å². The molecule has 0 aliphatic carbocycles. The fourth-order valence-corrected chi connectivity index (χ4v) is 3.36. The number of hydrogen-bond acceptors (Lipinski definition) is 4. The molecule has 1 aliphatic heterocycles. The van der Waals surface area contributed by atoms with Crippen molar-refractivity contribution in [2.75, 3.05) is 24.5 Å². The van der Waals surface area contributed by atoms with Gasteiger partial charge in [0.05, 0.1) is 16.1 Å². The number of hydrogen-bond donors (Lipinski definition) is 2. The van der Waals surface area contributed by atoms with Crippen LogP contribution in [0.15, 0.2) is 35.7 Å². The summed E-state index contributed by atoms with van der Waals surface area (Å²) in [6.45, 7) is 5.12. The Bertz CT molecular complexity index is 649. The smallest absolute Gasteiger partial charge is 0.337 e. The molecule has 21 heavy (non-hydrogen) atoms. The normalized spacial score (nSPS) is 15.1. The second-order valence-corrected chi connectivity index (χ2v) is 6.59. The zero-order chi connectivity index (χ0) is 15.5. The summed E-state index contributed by atoms with van der Waals surface area (Å²) in [5.41, 5.74) is 0.584. The molecule has 2 N–H and O–H groups in total. The van der Waals surface area contributed by atoms with Crippen molar-refractivity contribution in [3.05, 3.63) is 36.4 Å². The molecule has 0 unspecified atom stereocenters. The predicted octanol–water partition coefficient (Wildman–Crippen LogP) is 1.45. The first-order valence-corrected chi connectivity index (χ1v) is 8.17. The second-order valence-electron chi connectivity index (χ2n) is 4.82. The van der Waals surface area contributed by atoms with Gasteiger partial charge in [0, 0.05) is 19.6 Å². The summed E-state index contributed by atoms with van der Waals surface area (Å²) in [5, 5.41) is 9.33. The van der Waals surface area contributed by atoms with Gasteiger partial charge in [-0.25, -0.2) is 17.9 Å². The van der Waals surface area contributed by atoms with E-state index in [0.717, 1.165) is 25.9 Å². The van der Waals surface area contributed by atoms with Gasteiger partial charge in [-0.3, -0.25) is 0 Å². The number of nitrogens with zero attached hydrogens (tertiary/aromatic N) is 1. The van der Waals surface area contributed by atoms with Crippen molar-refractivity contribution >= 4 is 21.7 Å². The van der Waals surface area contributed by atoms with Crippen molar-refractivity contribution in [1.82, 2.24) is 4.72 Å². The van der Waals surface area contributed by atoms with Crippen molar-refractivity contribution < 1.29 is 18.3 Å². The van der Waals surface area contributed by atoms with E-state index in [2.05, 4.69) is 11.3 Å². The summed E-state index contributed by atoms with van der Waals surface area (Å²) in [5.74, 6) is -1.13. The summed E-state index contributed by atoms with van der Waals surface area (Å²) in [7, 11) is -3.72. The highest BCUT2D eigenvalue weighted by Crippen LogP contribution is 2.27. The number of benzene rings is 1. The van der Waals surface area contributed by atoms with Crippen LogP contribution < -0.4 is 9.62 Å². The molecule has 1 aromatic rings. The molecular weight excluding hydrogens is 292 g/mol. The number of nitrogens with one attached hydrogen (secondary N) is 1. The Balaban J connectivity index is 2.40. The van der Waals surface area contributed by atoms with Crippen molar-refractivity contribution in [2.45, 2.75) is 17.7 Å². The molecule has 7 heteroatoms. The lowest BCUT2D eigenvalue weighted by molar-refractivity contribution is 0.0697. The lowest BCUT2D eigenvalue weighted by Gasteiger charge is -2.20. The van der Waals surface area contributed by atoms with E-state index in [1.165, 1.54) is 18.2 Å². The number of rotatable bonds is 6. The van der Waals surface area contributed by atoms with Gasteiger partial charge >= 0.3 is 5.97 Å². The number of aromatic carboxylic acids is 1. The Morgan fingerprint density at radius 3 is 2.62 bits per heavy atom. The van der Waals surface area contributed by atoms with Gasteiger partial charge in [-0.2, -0.15) is 0 Å². The van der Waals surface area contributed by atoms with Crippen LogP contribution >= 0.6 is 0 Å².